The quantitative estimate of drug-likeness (QED) is 0.553. The van der Waals surface area contributed by atoms with Crippen LogP contribution in [-0.4, -0.2) is 27.3 Å². The molecule has 1 N–H and O–H groups in total. The van der Waals surface area contributed by atoms with Crippen molar-refractivity contribution in [2.24, 2.45) is 0 Å². The molecule has 0 saturated carbocycles. The lowest BCUT2D eigenvalue weighted by Crippen LogP contribution is -2.31. The molecule has 0 aliphatic rings. The van der Waals surface area contributed by atoms with E-state index in [1.54, 1.807) is 31.2 Å². The van der Waals surface area contributed by atoms with Gasteiger partial charge < -0.3 is 5.32 Å². The average Bonchev–Trinajstić information content (AvgIpc) is 2.63. The highest BCUT2D eigenvalue weighted by atomic mass is 32.2. The second kappa shape index (κ2) is 7.70. The van der Waals surface area contributed by atoms with E-state index in [0.717, 1.165) is 0 Å². The van der Waals surface area contributed by atoms with Crippen molar-refractivity contribution in [3.05, 3.63) is 64.7 Å². The summed E-state index contributed by atoms with van der Waals surface area (Å²) in [6.45, 7) is 4.13. The van der Waals surface area contributed by atoms with Gasteiger partial charge in [0.15, 0.2) is 5.16 Å². The first-order valence-electron chi connectivity index (χ1n) is 8.23. The van der Waals surface area contributed by atoms with Gasteiger partial charge >= 0.3 is 0 Å². The van der Waals surface area contributed by atoms with Crippen LogP contribution in [0.15, 0.2) is 58.5 Å². The number of rotatable bonds is 5. The molecule has 0 aliphatic heterocycles. The number of nitrogens with zero attached hydrogens (tertiary/aromatic N) is 2. The molecular weight excluding hydrogens is 353 g/mol. The Morgan fingerprint density at radius 2 is 1.92 bits per heavy atom. The van der Waals surface area contributed by atoms with E-state index in [-0.39, 0.29) is 17.3 Å². The van der Waals surface area contributed by atoms with Gasteiger partial charge in [-0.15, -0.1) is 0 Å². The molecule has 3 rings (SSSR count). The highest BCUT2D eigenvalue weighted by Gasteiger charge is 2.19. The van der Waals surface area contributed by atoms with E-state index < -0.39 is 5.25 Å². The third kappa shape index (κ3) is 3.62. The van der Waals surface area contributed by atoms with Gasteiger partial charge in [0.1, 0.15) is 5.82 Å². The molecule has 0 spiro atoms. The standard InChI is InChI=1S/C19H18FN3O2S/c1-3-21-17(24)12(2)26-19-22-16-7-5-4-6-15(16)18(25)23(19)14-10-8-13(20)9-11-14/h4-12H,3H2,1-2H3,(H,21,24). The van der Waals surface area contributed by atoms with E-state index in [1.165, 1.54) is 40.6 Å². The molecule has 1 heterocycles. The molecule has 2 aromatic carbocycles. The first kappa shape index (κ1) is 18.1. The van der Waals surface area contributed by atoms with Crippen molar-refractivity contribution in [1.29, 1.82) is 0 Å². The summed E-state index contributed by atoms with van der Waals surface area (Å²) in [4.78, 5) is 29.7. The van der Waals surface area contributed by atoms with Crippen molar-refractivity contribution in [2.75, 3.05) is 6.54 Å². The van der Waals surface area contributed by atoms with Crippen molar-refractivity contribution in [3.8, 4) is 5.69 Å². The molecule has 0 radical (unpaired) electrons. The monoisotopic (exact) mass is 371 g/mol. The summed E-state index contributed by atoms with van der Waals surface area (Å²) in [5.41, 5.74) is 0.800. The van der Waals surface area contributed by atoms with Crippen LogP contribution in [0.3, 0.4) is 0 Å². The van der Waals surface area contributed by atoms with Crippen molar-refractivity contribution in [2.45, 2.75) is 24.3 Å². The van der Waals surface area contributed by atoms with E-state index in [4.69, 9.17) is 0 Å². The zero-order valence-corrected chi connectivity index (χ0v) is 15.2. The number of amides is 1. The molecule has 134 valence electrons. The topological polar surface area (TPSA) is 64.0 Å². The Labute approximate surface area is 154 Å². The largest absolute Gasteiger partial charge is 0.355 e. The summed E-state index contributed by atoms with van der Waals surface area (Å²) >= 11 is 1.19. The van der Waals surface area contributed by atoms with Crippen LogP contribution >= 0.6 is 11.8 Å². The van der Waals surface area contributed by atoms with Gasteiger partial charge in [-0.25, -0.2) is 9.37 Å². The summed E-state index contributed by atoms with van der Waals surface area (Å²) in [7, 11) is 0. The normalized spacial score (nSPS) is 12.1. The number of nitrogens with one attached hydrogen (secondary N) is 1. The van der Waals surface area contributed by atoms with Gasteiger partial charge in [0.2, 0.25) is 5.91 Å². The third-order valence-electron chi connectivity index (χ3n) is 3.83. The molecule has 0 saturated heterocycles. The lowest BCUT2D eigenvalue weighted by molar-refractivity contribution is -0.120. The number of carbonyl (C=O) groups is 1. The van der Waals surface area contributed by atoms with Crippen molar-refractivity contribution >= 4 is 28.6 Å². The van der Waals surface area contributed by atoms with E-state index in [9.17, 15) is 14.0 Å². The van der Waals surface area contributed by atoms with Crippen molar-refractivity contribution in [1.82, 2.24) is 14.9 Å². The highest BCUT2D eigenvalue weighted by molar-refractivity contribution is 8.00. The fourth-order valence-electron chi connectivity index (χ4n) is 2.54. The van der Waals surface area contributed by atoms with E-state index in [0.29, 0.717) is 28.3 Å². The zero-order chi connectivity index (χ0) is 18.7. The smallest absolute Gasteiger partial charge is 0.266 e. The Kier molecular flexibility index (Phi) is 5.37. The molecule has 0 bridgehead atoms. The first-order chi connectivity index (χ1) is 12.5. The lowest BCUT2D eigenvalue weighted by Gasteiger charge is -2.16. The molecule has 1 aromatic heterocycles. The Hall–Kier alpha value is -2.67. The molecule has 0 aliphatic carbocycles. The highest BCUT2D eigenvalue weighted by Crippen LogP contribution is 2.25. The van der Waals surface area contributed by atoms with Gasteiger partial charge in [-0.3, -0.25) is 14.2 Å². The van der Waals surface area contributed by atoms with E-state index >= 15 is 0 Å². The molecule has 1 amide bonds. The zero-order valence-electron chi connectivity index (χ0n) is 14.4. The summed E-state index contributed by atoms with van der Waals surface area (Å²) in [5, 5.41) is 3.18. The van der Waals surface area contributed by atoms with Crippen LogP contribution in [0.1, 0.15) is 13.8 Å². The number of benzene rings is 2. The number of hydrogen-bond acceptors (Lipinski definition) is 4. The summed E-state index contributed by atoms with van der Waals surface area (Å²) in [5.74, 6) is -0.522. The molecule has 5 nitrogen and oxygen atoms in total. The number of fused-ring (bicyclic) bond motifs is 1. The number of carbonyl (C=O) groups excluding carboxylic acids is 1. The molecule has 0 fully saturated rings. The van der Waals surface area contributed by atoms with Crippen molar-refractivity contribution < 1.29 is 9.18 Å². The van der Waals surface area contributed by atoms with E-state index in [1.807, 2.05) is 6.92 Å². The van der Waals surface area contributed by atoms with Crippen LogP contribution in [-0.2, 0) is 4.79 Å². The third-order valence-corrected chi connectivity index (χ3v) is 4.88. The fraction of sp³-hybridized carbons (Fsp3) is 0.211. The van der Waals surface area contributed by atoms with Gasteiger partial charge in [0.05, 0.1) is 21.8 Å². The van der Waals surface area contributed by atoms with Gasteiger partial charge in [0, 0.05) is 6.54 Å². The van der Waals surface area contributed by atoms with E-state index in [2.05, 4.69) is 10.3 Å². The number of hydrogen-bond donors (Lipinski definition) is 1. The molecule has 1 atom stereocenters. The first-order valence-corrected chi connectivity index (χ1v) is 9.11. The lowest BCUT2D eigenvalue weighted by atomic mass is 10.2. The minimum absolute atomic E-state index is 0.134. The molecule has 1 unspecified atom stereocenters. The second-order valence-electron chi connectivity index (χ2n) is 5.68. The molecule has 3 aromatic rings. The maximum Gasteiger partial charge on any atom is 0.266 e. The minimum atomic E-state index is -0.435. The van der Waals surface area contributed by atoms with Crippen LogP contribution in [0, 0.1) is 5.82 Å². The predicted molar refractivity (Wildman–Crippen MR) is 101 cm³/mol. The molecular formula is C19H18FN3O2S. The van der Waals surface area contributed by atoms with Crippen LogP contribution in [0.25, 0.3) is 16.6 Å². The van der Waals surface area contributed by atoms with Gasteiger partial charge in [-0.1, -0.05) is 23.9 Å². The number of thioether (sulfide) groups is 1. The van der Waals surface area contributed by atoms with Crippen molar-refractivity contribution in [3.63, 3.8) is 0 Å². The summed E-state index contributed by atoms with van der Waals surface area (Å²) in [6, 6.07) is 12.7. The SMILES string of the molecule is CCNC(=O)C(C)Sc1nc2ccccc2c(=O)n1-c1ccc(F)cc1. The molecule has 26 heavy (non-hydrogen) atoms. The number of para-hydroxylation sites is 1. The van der Waals surface area contributed by atoms with Crippen LogP contribution in [0.5, 0.6) is 0 Å². The number of halogens is 1. The average molecular weight is 371 g/mol. The maximum absolute atomic E-state index is 13.3. The Morgan fingerprint density at radius 3 is 2.62 bits per heavy atom. The molecule has 7 heteroatoms. The number of aromatic nitrogens is 2. The van der Waals surface area contributed by atoms with Gasteiger partial charge in [-0.2, -0.15) is 0 Å². The Morgan fingerprint density at radius 1 is 1.23 bits per heavy atom. The van der Waals surface area contributed by atoms with Crippen LogP contribution < -0.4 is 10.9 Å². The van der Waals surface area contributed by atoms with Crippen LogP contribution in [0.4, 0.5) is 4.39 Å². The predicted octanol–water partition coefficient (Wildman–Crippen LogP) is 3.14. The minimum Gasteiger partial charge on any atom is -0.355 e. The fourth-order valence-corrected chi connectivity index (χ4v) is 3.49. The summed E-state index contributed by atoms with van der Waals surface area (Å²) in [6.07, 6.45) is 0. The summed E-state index contributed by atoms with van der Waals surface area (Å²) < 4.78 is 14.7. The van der Waals surface area contributed by atoms with Gasteiger partial charge in [0.25, 0.3) is 5.56 Å². The maximum atomic E-state index is 13.3. The Bertz CT molecular complexity index is 1000. The van der Waals surface area contributed by atoms with Gasteiger partial charge in [-0.05, 0) is 50.2 Å². The second-order valence-corrected chi connectivity index (χ2v) is 6.99. The van der Waals surface area contributed by atoms with Crippen LogP contribution in [0.2, 0.25) is 0 Å². The Balaban J connectivity index is 2.16.